The highest BCUT2D eigenvalue weighted by atomic mass is 32.1. The first-order chi connectivity index (χ1) is 12.9. The molecule has 1 fully saturated rings. The maximum Gasteiger partial charge on any atom is 0.262 e. The number of Topliss-reactive ketones (excluding diaryl/α,β-unsaturated/α-hetero) is 1. The third-order valence-electron chi connectivity index (χ3n) is 3.05. The van der Waals surface area contributed by atoms with Crippen LogP contribution in [0.1, 0.15) is 52.3 Å². The molecule has 2 rings (SSSR count). The van der Waals surface area contributed by atoms with Gasteiger partial charge < -0.3 is 5.32 Å². The van der Waals surface area contributed by atoms with E-state index in [2.05, 4.69) is 10.3 Å². The lowest BCUT2D eigenvalue weighted by atomic mass is 10.1. The number of thiazole rings is 1. The summed E-state index contributed by atoms with van der Waals surface area (Å²) in [5, 5.41) is 19.9. The van der Waals surface area contributed by atoms with Gasteiger partial charge in [0.2, 0.25) is 0 Å². The summed E-state index contributed by atoms with van der Waals surface area (Å²) in [5.74, 6) is 0.0499. The summed E-state index contributed by atoms with van der Waals surface area (Å²) in [4.78, 5) is 26.8. The molecule has 0 saturated heterocycles. The van der Waals surface area contributed by atoms with E-state index in [1.807, 2.05) is 39.8 Å². The Bertz CT molecular complexity index is 746. The van der Waals surface area contributed by atoms with Gasteiger partial charge in [-0.2, -0.15) is 10.5 Å². The van der Waals surface area contributed by atoms with Gasteiger partial charge >= 0.3 is 0 Å². The Labute approximate surface area is 165 Å². The molecule has 0 atom stereocenters. The van der Waals surface area contributed by atoms with Crippen LogP contribution in [0.25, 0.3) is 6.08 Å². The van der Waals surface area contributed by atoms with Gasteiger partial charge in [-0.3, -0.25) is 14.6 Å². The molecular weight excluding hydrogens is 360 g/mol. The second-order valence-electron chi connectivity index (χ2n) is 5.79. The molecule has 27 heavy (non-hydrogen) atoms. The van der Waals surface area contributed by atoms with Crippen LogP contribution >= 0.6 is 11.3 Å². The number of rotatable bonds is 5. The molecule has 0 aromatic carbocycles. The molecule has 1 amide bonds. The van der Waals surface area contributed by atoms with Crippen LogP contribution in [0.4, 0.5) is 0 Å². The lowest BCUT2D eigenvalue weighted by molar-refractivity contribution is -0.117. The summed E-state index contributed by atoms with van der Waals surface area (Å²) in [6, 6.07) is 3.78. The van der Waals surface area contributed by atoms with Crippen molar-refractivity contribution in [3.05, 3.63) is 33.8 Å². The number of hydrogen-bond donors (Lipinski definition) is 1. The van der Waals surface area contributed by atoms with Gasteiger partial charge in [-0.15, -0.1) is 11.3 Å². The lowest BCUT2D eigenvalue weighted by Gasteiger charge is -2.06. The van der Waals surface area contributed by atoms with Crippen LogP contribution in [0.5, 0.6) is 0 Å². The third kappa shape index (κ3) is 10.7. The fourth-order valence-electron chi connectivity index (χ4n) is 1.66. The van der Waals surface area contributed by atoms with Crippen LogP contribution < -0.4 is 5.32 Å². The van der Waals surface area contributed by atoms with Crippen molar-refractivity contribution in [2.45, 2.75) is 53.5 Å². The van der Waals surface area contributed by atoms with Crippen LogP contribution in [0.15, 0.2) is 28.9 Å². The average molecular weight is 387 g/mol. The normalized spacial score (nSPS) is 13.2. The molecule has 1 saturated carbocycles. The number of nitriles is 2. The van der Waals surface area contributed by atoms with E-state index >= 15 is 0 Å². The second-order valence-corrected chi connectivity index (χ2v) is 6.71. The summed E-state index contributed by atoms with van der Waals surface area (Å²) in [6.07, 6.45) is 7.21. The number of ketones is 1. The van der Waals surface area contributed by atoms with E-state index in [1.54, 1.807) is 17.8 Å². The van der Waals surface area contributed by atoms with Crippen LogP contribution in [-0.4, -0.2) is 22.7 Å². The zero-order valence-electron chi connectivity index (χ0n) is 16.4. The number of carbonyl (C=O) groups is 2. The van der Waals surface area contributed by atoms with Crippen molar-refractivity contribution < 1.29 is 9.59 Å². The van der Waals surface area contributed by atoms with Crippen molar-refractivity contribution in [1.82, 2.24) is 10.3 Å². The Morgan fingerprint density at radius 3 is 2.22 bits per heavy atom. The first-order valence-electron chi connectivity index (χ1n) is 8.81. The largest absolute Gasteiger partial charge is 0.349 e. The van der Waals surface area contributed by atoms with E-state index in [0.717, 1.165) is 17.7 Å². The first-order valence-corrected chi connectivity index (χ1v) is 9.69. The maximum atomic E-state index is 11.5. The van der Waals surface area contributed by atoms with Crippen molar-refractivity contribution in [2.75, 3.05) is 0 Å². The third-order valence-corrected chi connectivity index (χ3v) is 3.77. The van der Waals surface area contributed by atoms with Crippen LogP contribution in [0.3, 0.4) is 0 Å². The van der Waals surface area contributed by atoms with E-state index in [9.17, 15) is 9.59 Å². The number of allylic oxidation sites excluding steroid dienone is 2. The lowest BCUT2D eigenvalue weighted by Crippen LogP contribution is -2.30. The van der Waals surface area contributed by atoms with Gasteiger partial charge in [0.05, 0.1) is 11.1 Å². The number of amides is 1. The maximum absolute atomic E-state index is 11.5. The van der Waals surface area contributed by atoms with Gasteiger partial charge in [-0.05, 0) is 45.6 Å². The van der Waals surface area contributed by atoms with E-state index in [-0.39, 0.29) is 23.3 Å². The fourth-order valence-corrected chi connectivity index (χ4v) is 2.21. The predicted octanol–water partition coefficient (Wildman–Crippen LogP) is 4.04. The van der Waals surface area contributed by atoms with Crippen LogP contribution in [0, 0.1) is 28.6 Å². The molecule has 0 bridgehead atoms. The van der Waals surface area contributed by atoms with Crippen molar-refractivity contribution in [2.24, 2.45) is 5.92 Å². The molecule has 0 spiro atoms. The van der Waals surface area contributed by atoms with Crippen molar-refractivity contribution in [3.8, 4) is 12.1 Å². The number of nitrogens with zero attached hydrogens (tertiary/aromatic N) is 3. The SMILES string of the molecule is CC.CC(=O)/C(C#N)=C\C1CC1.CC(C)NC(=O)/C(C#N)=C/c1cncs1. The van der Waals surface area contributed by atoms with Gasteiger partial charge in [0.1, 0.15) is 17.7 Å². The molecule has 0 radical (unpaired) electrons. The smallest absolute Gasteiger partial charge is 0.262 e. The minimum Gasteiger partial charge on any atom is -0.349 e. The van der Waals surface area contributed by atoms with Gasteiger partial charge in [0.15, 0.2) is 5.78 Å². The van der Waals surface area contributed by atoms with E-state index in [0.29, 0.717) is 11.5 Å². The Morgan fingerprint density at radius 2 is 1.85 bits per heavy atom. The quantitative estimate of drug-likeness (QED) is 0.607. The molecule has 1 heterocycles. The molecule has 0 unspecified atom stereocenters. The molecule has 1 aliphatic carbocycles. The molecule has 7 heteroatoms. The molecule has 0 aliphatic heterocycles. The van der Waals surface area contributed by atoms with Crippen molar-refractivity contribution in [1.29, 1.82) is 10.5 Å². The van der Waals surface area contributed by atoms with Gasteiger partial charge in [0.25, 0.3) is 5.91 Å². The van der Waals surface area contributed by atoms with Crippen LogP contribution in [-0.2, 0) is 9.59 Å². The predicted molar refractivity (Wildman–Crippen MR) is 107 cm³/mol. The van der Waals surface area contributed by atoms with Crippen molar-refractivity contribution >= 4 is 29.1 Å². The molecular formula is C20H26N4O2S. The second kappa shape index (κ2) is 13.4. The minimum absolute atomic E-state index is 0.0238. The zero-order chi connectivity index (χ0) is 20.8. The Morgan fingerprint density at radius 1 is 1.26 bits per heavy atom. The fraction of sp³-hybridized carbons (Fsp3) is 0.450. The minimum atomic E-state index is -0.346. The molecule has 1 aromatic heterocycles. The summed E-state index contributed by atoms with van der Waals surface area (Å²) >= 11 is 1.38. The Balaban J connectivity index is 0.000000488. The summed E-state index contributed by atoms with van der Waals surface area (Å²) in [5.41, 5.74) is 2.08. The monoisotopic (exact) mass is 386 g/mol. The number of carbonyl (C=O) groups excluding carboxylic acids is 2. The highest BCUT2D eigenvalue weighted by Crippen LogP contribution is 2.31. The first kappa shape index (κ1) is 24.2. The average Bonchev–Trinajstić information content (AvgIpc) is 3.31. The summed E-state index contributed by atoms with van der Waals surface area (Å²) in [6.45, 7) is 9.12. The molecule has 1 aromatic rings. The van der Waals surface area contributed by atoms with E-state index in [1.165, 1.54) is 24.3 Å². The summed E-state index contributed by atoms with van der Waals surface area (Å²) < 4.78 is 0. The number of hydrogen-bond acceptors (Lipinski definition) is 6. The highest BCUT2D eigenvalue weighted by molar-refractivity contribution is 7.10. The van der Waals surface area contributed by atoms with Crippen molar-refractivity contribution in [3.63, 3.8) is 0 Å². The molecule has 1 N–H and O–H groups in total. The Kier molecular flexibility index (Phi) is 12.1. The van der Waals surface area contributed by atoms with Gasteiger partial charge in [0, 0.05) is 17.1 Å². The standard InChI is InChI=1S/C10H11N3OS.C8H9NO.C2H6/c1-7(2)13-10(14)8(4-11)3-9-5-12-6-15-9;1-6(10)8(5-9)4-7-2-3-7;1-2/h3,5-7H,1-2H3,(H,13,14);4,7H,2-3H2,1H3;1-2H3/b8-3+;8-4-;. The van der Waals surface area contributed by atoms with E-state index in [4.69, 9.17) is 10.5 Å². The highest BCUT2D eigenvalue weighted by Gasteiger charge is 2.20. The zero-order valence-corrected chi connectivity index (χ0v) is 17.3. The number of nitrogens with one attached hydrogen (secondary N) is 1. The Hall–Kier alpha value is -2.77. The molecule has 144 valence electrons. The van der Waals surface area contributed by atoms with E-state index < -0.39 is 0 Å². The van der Waals surface area contributed by atoms with Gasteiger partial charge in [-0.25, -0.2) is 0 Å². The summed E-state index contributed by atoms with van der Waals surface area (Å²) in [7, 11) is 0. The number of aromatic nitrogens is 1. The topological polar surface area (TPSA) is 107 Å². The molecule has 6 nitrogen and oxygen atoms in total. The molecule has 1 aliphatic rings. The van der Waals surface area contributed by atoms with Gasteiger partial charge in [-0.1, -0.05) is 19.9 Å². The van der Waals surface area contributed by atoms with Crippen LogP contribution in [0.2, 0.25) is 0 Å².